The van der Waals surface area contributed by atoms with Gasteiger partial charge in [0.1, 0.15) is 5.75 Å². The average Bonchev–Trinajstić information content (AvgIpc) is 2.86. The van der Waals surface area contributed by atoms with Crippen molar-refractivity contribution in [3.63, 3.8) is 0 Å². The van der Waals surface area contributed by atoms with Crippen LogP contribution in [0, 0.1) is 0 Å². The van der Waals surface area contributed by atoms with E-state index in [0.717, 1.165) is 0 Å². The van der Waals surface area contributed by atoms with E-state index in [2.05, 4.69) is 21.2 Å². The second-order valence-electron chi connectivity index (χ2n) is 7.06. The lowest BCUT2D eigenvalue weighted by Gasteiger charge is -2.24. The average molecular weight is 542 g/mol. The third-order valence-corrected chi connectivity index (χ3v) is 5.18. The van der Waals surface area contributed by atoms with Crippen LogP contribution in [0.25, 0.3) is 0 Å². The minimum atomic E-state index is -2.14. The Hall–Kier alpha value is -4.18. The molecule has 1 amide bonds. The largest absolute Gasteiger partial charge is 0.495 e. The van der Waals surface area contributed by atoms with Crippen molar-refractivity contribution in [2.75, 3.05) is 12.4 Å². The third-order valence-electron chi connectivity index (χ3n) is 4.68. The molecule has 3 aromatic carbocycles. The number of carbonyl (C=O) groups is 4. The number of nitrogens with one attached hydrogen (secondary N) is 1. The van der Waals surface area contributed by atoms with Crippen LogP contribution < -0.4 is 10.1 Å². The normalized spacial score (nSPS) is 12.1. The van der Waals surface area contributed by atoms with E-state index in [1.54, 1.807) is 48.5 Å². The van der Waals surface area contributed by atoms with Gasteiger partial charge in [-0.1, -0.05) is 52.3 Å². The summed E-state index contributed by atoms with van der Waals surface area (Å²) in [6.45, 7) is 0. The number of amides is 1. The molecule has 0 unspecified atom stereocenters. The molecule has 180 valence electrons. The van der Waals surface area contributed by atoms with Crippen LogP contribution in [0.1, 0.15) is 20.7 Å². The van der Waals surface area contributed by atoms with Gasteiger partial charge in [-0.2, -0.15) is 0 Å². The highest BCUT2D eigenvalue weighted by Gasteiger charge is 2.41. The minimum absolute atomic E-state index is 0.0564. The standard InChI is InChI=1S/C25H20BrNO8/c1-33-19-13-12-17(26)14-18(19)27-22(28)20(34-24(31)15-8-4-2-5-9-15)21(23(29)30)35-25(32)16-10-6-3-7-11-16/h2-14,20-21H,1H3,(H,27,28)(H,29,30)/t20-,21+/m1/s1. The predicted octanol–water partition coefficient (Wildman–Crippen LogP) is 3.93. The summed E-state index contributed by atoms with van der Waals surface area (Å²) in [5, 5.41) is 12.3. The Labute approximate surface area is 208 Å². The number of carboxylic acids is 1. The number of anilines is 1. The fraction of sp³-hybridized carbons (Fsp3) is 0.120. The number of halogens is 1. The molecule has 2 N–H and O–H groups in total. The van der Waals surface area contributed by atoms with Crippen molar-refractivity contribution in [1.29, 1.82) is 0 Å². The number of carbonyl (C=O) groups excluding carboxylic acids is 3. The number of carboxylic acid groups (broad SMARTS) is 1. The van der Waals surface area contributed by atoms with E-state index in [9.17, 15) is 24.3 Å². The molecule has 3 rings (SSSR count). The summed E-state index contributed by atoms with van der Waals surface area (Å²) < 4.78 is 16.2. The minimum Gasteiger partial charge on any atom is -0.495 e. The summed E-state index contributed by atoms with van der Waals surface area (Å²) in [7, 11) is 1.38. The van der Waals surface area contributed by atoms with E-state index in [1.165, 1.54) is 37.4 Å². The fourth-order valence-corrected chi connectivity index (χ4v) is 3.35. The van der Waals surface area contributed by atoms with Crippen LogP contribution >= 0.6 is 15.9 Å². The van der Waals surface area contributed by atoms with Crippen molar-refractivity contribution in [2.24, 2.45) is 0 Å². The smallest absolute Gasteiger partial charge is 0.349 e. The van der Waals surface area contributed by atoms with Crippen molar-refractivity contribution in [1.82, 2.24) is 0 Å². The highest BCUT2D eigenvalue weighted by Crippen LogP contribution is 2.28. The first-order valence-electron chi connectivity index (χ1n) is 10.2. The molecule has 0 saturated carbocycles. The van der Waals surface area contributed by atoms with Gasteiger partial charge in [0, 0.05) is 4.47 Å². The Morgan fingerprint density at radius 3 is 1.80 bits per heavy atom. The molecule has 0 aliphatic carbocycles. The second kappa shape index (κ2) is 11.8. The molecule has 35 heavy (non-hydrogen) atoms. The zero-order chi connectivity index (χ0) is 25.4. The van der Waals surface area contributed by atoms with E-state index in [0.29, 0.717) is 4.47 Å². The highest BCUT2D eigenvalue weighted by atomic mass is 79.9. The van der Waals surface area contributed by atoms with Crippen LogP contribution in [0.15, 0.2) is 83.3 Å². The Bertz CT molecular complexity index is 1220. The monoisotopic (exact) mass is 541 g/mol. The van der Waals surface area contributed by atoms with Gasteiger partial charge in [0.05, 0.1) is 23.9 Å². The first-order valence-corrected chi connectivity index (χ1v) is 11.0. The number of benzene rings is 3. The summed E-state index contributed by atoms with van der Waals surface area (Å²) in [5.74, 6) is -4.45. The lowest BCUT2D eigenvalue weighted by Crippen LogP contribution is -2.48. The van der Waals surface area contributed by atoms with Crippen LogP contribution in [0.3, 0.4) is 0 Å². The van der Waals surface area contributed by atoms with Crippen LogP contribution in [-0.4, -0.2) is 48.2 Å². The van der Waals surface area contributed by atoms with Gasteiger partial charge in [-0.05, 0) is 42.5 Å². The third kappa shape index (κ3) is 6.67. The first kappa shape index (κ1) is 25.4. The lowest BCUT2D eigenvalue weighted by molar-refractivity contribution is -0.157. The topological polar surface area (TPSA) is 128 Å². The first-order chi connectivity index (χ1) is 16.8. The number of rotatable bonds is 9. The Morgan fingerprint density at radius 2 is 1.31 bits per heavy atom. The van der Waals surface area contributed by atoms with Crippen molar-refractivity contribution in [3.05, 3.63) is 94.5 Å². The lowest BCUT2D eigenvalue weighted by atomic mass is 10.1. The molecule has 0 bridgehead atoms. The highest BCUT2D eigenvalue weighted by molar-refractivity contribution is 9.10. The van der Waals surface area contributed by atoms with Gasteiger partial charge in [0.2, 0.25) is 12.2 Å². The van der Waals surface area contributed by atoms with E-state index in [4.69, 9.17) is 14.2 Å². The summed E-state index contributed by atoms with van der Waals surface area (Å²) >= 11 is 3.28. The molecular formula is C25H20BrNO8. The summed E-state index contributed by atoms with van der Waals surface area (Å²) in [6, 6.07) is 20.0. The Morgan fingerprint density at radius 1 is 0.800 bits per heavy atom. The quantitative estimate of drug-likeness (QED) is 0.390. The molecular weight excluding hydrogens is 522 g/mol. The molecule has 3 aromatic rings. The SMILES string of the molecule is COc1ccc(Br)cc1NC(=O)[C@H](OC(=O)c1ccccc1)[C@H](OC(=O)c1ccccc1)C(=O)O. The van der Waals surface area contributed by atoms with E-state index < -0.39 is 36.0 Å². The van der Waals surface area contributed by atoms with Gasteiger partial charge in [-0.15, -0.1) is 0 Å². The molecule has 0 spiro atoms. The number of aliphatic carboxylic acids is 1. The Balaban J connectivity index is 1.94. The maximum absolute atomic E-state index is 13.2. The molecule has 0 heterocycles. The van der Waals surface area contributed by atoms with Crippen molar-refractivity contribution >= 4 is 45.4 Å². The Kier molecular flexibility index (Phi) is 8.58. The second-order valence-corrected chi connectivity index (χ2v) is 7.97. The zero-order valence-electron chi connectivity index (χ0n) is 18.3. The zero-order valence-corrected chi connectivity index (χ0v) is 19.9. The number of esters is 2. The fourth-order valence-electron chi connectivity index (χ4n) is 2.99. The molecule has 0 fully saturated rings. The molecule has 0 saturated heterocycles. The van der Waals surface area contributed by atoms with E-state index in [1.807, 2.05) is 0 Å². The summed E-state index contributed by atoms with van der Waals surface area (Å²) in [6.07, 6.45) is -4.18. The predicted molar refractivity (Wildman–Crippen MR) is 128 cm³/mol. The molecule has 9 nitrogen and oxygen atoms in total. The van der Waals surface area contributed by atoms with E-state index in [-0.39, 0.29) is 22.6 Å². The van der Waals surface area contributed by atoms with Gasteiger partial charge in [0.15, 0.2) is 0 Å². The van der Waals surface area contributed by atoms with Gasteiger partial charge in [-0.25, -0.2) is 14.4 Å². The number of hydrogen-bond acceptors (Lipinski definition) is 7. The maximum Gasteiger partial charge on any atom is 0.349 e. The van der Waals surface area contributed by atoms with Crippen molar-refractivity contribution in [3.8, 4) is 5.75 Å². The van der Waals surface area contributed by atoms with Gasteiger partial charge < -0.3 is 24.6 Å². The van der Waals surface area contributed by atoms with Crippen molar-refractivity contribution in [2.45, 2.75) is 12.2 Å². The van der Waals surface area contributed by atoms with Crippen LogP contribution in [-0.2, 0) is 19.1 Å². The van der Waals surface area contributed by atoms with E-state index >= 15 is 0 Å². The molecule has 0 aliphatic heterocycles. The van der Waals surface area contributed by atoms with Crippen LogP contribution in [0.2, 0.25) is 0 Å². The molecule has 2 atom stereocenters. The van der Waals surface area contributed by atoms with Gasteiger partial charge >= 0.3 is 17.9 Å². The molecule has 0 radical (unpaired) electrons. The van der Waals surface area contributed by atoms with Crippen LogP contribution in [0.5, 0.6) is 5.75 Å². The summed E-state index contributed by atoms with van der Waals surface area (Å²) in [5.41, 5.74) is 0.302. The van der Waals surface area contributed by atoms with Gasteiger partial charge in [-0.3, -0.25) is 4.79 Å². The van der Waals surface area contributed by atoms with Gasteiger partial charge in [0.25, 0.3) is 5.91 Å². The molecule has 0 aliphatic rings. The number of methoxy groups -OCH3 is 1. The number of hydrogen-bond donors (Lipinski definition) is 2. The number of ether oxygens (including phenoxy) is 3. The van der Waals surface area contributed by atoms with Crippen LogP contribution in [0.4, 0.5) is 5.69 Å². The summed E-state index contributed by atoms with van der Waals surface area (Å²) in [4.78, 5) is 50.6. The maximum atomic E-state index is 13.2. The van der Waals surface area contributed by atoms with Crippen molar-refractivity contribution < 1.29 is 38.5 Å². The molecule has 0 aromatic heterocycles. The molecule has 10 heteroatoms.